The van der Waals surface area contributed by atoms with Crippen LogP contribution in [-0.4, -0.2) is 33.2 Å². The van der Waals surface area contributed by atoms with Crippen LogP contribution in [0.4, 0.5) is 5.69 Å². The summed E-state index contributed by atoms with van der Waals surface area (Å²) in [4.78, 5) is 28.0. The molecule has 162 valence electrons. The van der Waals surface area contributed by atoms with Crippen molar-refractivity contribution in [1.29, 1.82) is 0 Å². The van der Waals surface area contributed by atoms with Crippen LogP contribution in [-0.2, 0) is 14.3 Å². The van der Waals surface area contributed by atoms with Gasteiger partial charge in [-0.25, -0.2) is 4.79 Å². The number of benzene rings is 3. The Bertz CT molecular complexity index is 1280. The molecule has 0 saturated carbocycles. The monoisotopic (exact) mass is 429 g/mol. The number of amides is 1. The van der Waals surface area contributed by atoms with E-state index in [-0.39, 0.29) is 17.1 Å². The topological polar surface area (TPSA) is 65.1 Å². The van der Waals surface area contributed by atoms with E-state index < -0.39 is 5.97 Å². The molecule has 1 amide bonds. The van der Waals surface area contributed by atoms with Crippen LogP contribution >= 0.6 is 0 Å². The van der Waals surface area contributed by atoms with Gasteiger partial charge in [-0.2, -0.15) is 0 Å². The lowest BCUT2D eigenvalue weighted by Crippen LogP contribution is -2.24. The van der Waals surface area contributed by atoms with Crippen molar-refractivity contribution in [3.63, 3.8) is 0 Å². The molecule has 0 saturated heterocycles. The zero-order valence-corrected chi connectivity index (χ0v) is 18.3. The Balaban J connectivity index is 1.93. The summed E-state index contributed by atoms with van der Waals surface area (Å²) < 4.78 is 15.8. The molecular formula is C26H23NO5. The SMILES string of the molecule is COC(=O)C1=C(C)N(c2cccc3ccccc23)C(=O)/C1=C\c1cc(OC)ccc1OC. The largest absolute Gasteiger partial charge is 0.497 e. The molecular weight excluding hydrogens is 406 g/mol. The van der Waals surface area contributed by atoms with Crippen molar-refractivity contribution in [2.45, 2.75) is 6.92 Å². The minimum atomic E-state index is -0.577. The van der Waals surface area contributed by atoms with E-state index in [1.165, 1.54) is 7.11 Å². The summed E-state index contributed by atoms with van der Waals surface area (Å²) in [6.07, 6.45) is 1.64. The van der Waals surface area contributed by atoms with Crippen LogP contribution in [0.2, 0.25) is 0 Å². The van der Waals surface area contributed by atoms with E-state index in [0.717, 1.165) is 10.8 Å². The van der Waals surface area contributed by atoms with Crippen molar-refractivity contribution in [2.75, 3.05) is 26.2 Å². The molecule has 0 aromatic heterocycles. The van der Waals surface area contributed by atoms with Gasteiger partial charge in [-0.15, -0.1) is 0 Å². The number of fused-ring (bicyclic) bond motifs is 1. The number of anilines is 1. The molecule has 0 N–H and O–H groups in total. The first-order valence-electron chi connectivity index (χ1n) is 10.1. The fourth-order valence-corrected chi connectivity index (χ4v) is 3.98. The zero-order chi connectivity index (χ0) is 22.8. The molecule has 1 aliphatic rings. The highest BCUT2D eigenvalue weighted by Gasteiger charge is 2.38. The summed E-state index contributed by atoms with van der Waals surface area (Å²) in [6.45, 7) is 1.75. The number of methoxy groups -OCH3 is 3. The second-order valence-electron chi connectivity index (χ2n) is 7.26. The molecule has 6 heteroatoms. The first-order valence-corrected chi connectivity index (χ1v) is 10.1. The number of esters is 1. The summed E-state index contributed by atoms with van der Waals surface area (Å²) in [5.74, 6) is 0.265. The Morgan fingerprint density at radius 2 is 1.69 bits per heavy atom. The molecule has 32 heavy (non-hydrogen) atoms. The first kappa shape index (κ1) is 21.2. The number of hydrogen-bond acceptors (Lipinski definition) is 5. The van der Waals surface area contributed by atoms with Gasteiger partial charge in [0.15, 0.2) is 0 Å². The lowest BCUT2D eigenvalue weighted by atomic mass is 10.0. The molecule has 6 nitrogen and oxygen atoms in total. The van der Waals surface area contributed by atoms with Crippen LogP contribution in [0, 0.1) is 0 Å². The molecule has 0 spiro atoms. The van der Waals surface area contributed by atoms with Crippen molar-refractivity contribution >= 4 is 34.4 Å². The molecule has 0 aliphatic carbocycles. The highest BCUT2D eigenvalue weighted by atomic mass is 16.5. The molecule has 3 aromatic rings. The van der Waals surface area contributed by atoms with Gasteiger partial charge >= 0.3 is 5.97 Å². The van der Waals surface area contributed by atoms with E-state index in [1.54, 1.807) is 50.3 Å². The van der Waals surface area contributed by atoms with E-state index in [2.05, 4.69) is 0 Å². The normalized spacial score (nSPS) is 14.9. The standard InChI is InChI=1S/C26H23NO5/c1-16-24(26(29)32-4)21(15-18-14-19(30-2)12-13-23(18)31-3)25(28)27(16)22-11-7-9-17-8-5-6-10-20(17)22/h5-15H,1-4H3/b21-15-. The number of nitrogens with zero attached hydrogens (tertiary/aromatic N) is 1. The summed E-state index contributed by atoms with van der Waals surface area (Å²) in [6, 6.07) is 18.8. The van der Waals surface area contributed by atoms with Crippen molar-refractivity contribution in [1.82, 2.24) is 0 Å². The molecule has 1 aliphatic heterocycles. The maximum Gasteiger partial charge on any atom is 0.340 e. The number of carbonyl (C=O) groups is 2. The molecule has 4 rings (SSSR count). The average Bonchev–Trinajstić information content (AvgIpc) is 3.07. The third-order valence-corrected chi connectivity index (χ3v) is 5.53. The van der Waals surface area contributed by atoms with Gasteiger partial charge in [0.1, 0.15) is 11.5 Å². The van der Waals surface area contributed by atoms with E-state index in [9.17, 15) is 9.59 Å². The smallest absolute Gasteiger partial charge is 0.340 e. The van der Waals surface area contributed by atoms with Gasteiger partial charge in [0, 0.05) is 16.6 Å². The molecule has 0 bridgehead atoms. The fourth-order valence-electron chi connectivity index (χ4n) is 3.98. The Kier molecular flexibility index (Phi) is 5.69. The lowest BCUT2D eigenvalue weighted by Gasteiger charge is -2.20. The van der Waals surface area contributed by atoms with E-state index >= 15 is 0 Å². The number of rotatable bonds is 5. The number of carbonyl (C=O) groups excluding carboxylic acids is 2. The summed E-state index contributed by atoms with van der Waals surface area (Å²) in [5.41, 5.74) is 2.27. The van der Waals surface area contributed by atoms with Crippen LogP contribution in [0.15, 0.2) is 77.5 Å². The Morgan fingerprint density at radius 3 is 2.41 bits per heavy atom. The van der Waals surface area contributed by atoms with Crippen LogP contribution in [0.3, 0.4) is 0 Å². The molecule has 3 aromatic carbocycles. The lowest BCUT2D eigenvalue weighted by molar-refractivity contribution is -0.136. The predicted octanol–water partition coefficient (Wildman–Crippen LogP) is 4.73. The maximum absolute atomic E-state index is 13.7. The van der Waals surface area contributed by atoms with Gasteiger partial charge < -0.3 is 14.2 Å². The molecule has 0 unspecified atom stereocenters. The summed E-state index contributed by atoms with van der Waals surface area (Å²) in [7, 11) is 4.41. The summed E-state index contributed by atoms with van der Waals surface area (Å²) >= 11 is 0. The molecule has 0 atom stereocenters. The summed E-state index contributed by atoms with van der Waals surface area (Å²) in [5, 5.41) is 1.91. The highest BCUT2D eigenvalue weighted by molar-refractivity contribution is 6.25. The minimum Gasteiger partial charge on any atom is -0.497 e. The van der Waals surface area contributed by atoms with Crippen LogP contribution in [0.1, 0.15) is 12.5 Å². The Morgan fingerprint density at radius 1 is 0.938 bits per heavy atom. The second-order valence-corrected chi connectivity index (χ2v) is 7.26. The van der Waals surface area contributed by atoms with E-state index in [4.69, 9.17) is 14.2 Å². The molecule has 0 radical (unpaired) electrons. The molecule has 1 heterocycles. The molecule has 0 fully saturated rings. The van der Waals surface area contributed by atoms with Crippen molar-refractivity contribution in [3.8, 4) is 11.5 Å². The van der Waals surface area contributed by atoms with Gasteiger partial charge in [0.25, 0.3) is 5.91 Å². The van der Waals surface area contributed by atoms with Crippen LogP contribution in [0.5, 0.6) is 11.5 Å². The maximum atomic E-state index is 13.7. The minimum absolute atomic E-state index is 0.218. The van der Waals surface area contributed by atoms with E-state index in [1.807, 2.05) is 42.5 Å². The Labute approximate surface area is 186 Å². The highest BCUT2D eigenvalue weighted by Crippen LogP contribution is 2.39. The fraction of sp³-hybridized carbons (Fsp3) is 0.154. The van der Waals surface area contributed by atoms with Gasteiger partial charge in [0.05, 0.1) is 38.2 Å². The number of ether oxygens (including phenoxy) is 3. The van der Waals surface area contributed by atoms with Crippen LogP contribution < -0.4 is 14.4 Å². The third-order valence-electron chi connectivity index (χ3n) is 5.53. The van der Waals surface area contributed by atoms with Crippen molar-refractivity contribution < 1.29 is 23.8 Å². The van der Waals surface area contributed by atoms with Crippen molar-refractivity contribution in [2.24, 2.45) is 0 Å². The van der Waals surface area contributed by atoms with Gasteiger partial charge in [-0.1, -0.05) is 36.4 Å². The Hall–Kier alpha value is -4.06. The number of hydrogen-bond donors (Lipinski definition) is 0. The average molecular weight is 429 g/mol. The third kappa shape index (κ3) is 3.50. The first-order chi connectivity index (χ1) is 15.5. The van der Waals surface area contributed by atoms with E-state index in [0.29, 0.717) is 28.4 Å². The van der Waals surface area contributed by atoms with Gasteiger partial charge in [-0.05, 0) is 42.7 Å². The van der Waals surface area contributed by atoms with Gasteiger partial charge in [0.2, 0.25) is 0 Å². The quantitative estimate of drug-likeness (QED) is 0.433. The predicted molar refractivity (Wildman–Crippen MR) is 124 cm³/mol. The second kappa shape index (κ2) is 8.59. The van der Waals surface area contributed by atoms with Crippen molar-refractivity contribution in [3.05, 3.63) is 83.1 Å². The number of allylic oxidation sites excluding steroid dienone is 1. The zero-order valence-electron chi connectivity index (χ0n) is 18.3. The van der Waals surface area contributed by atoms with Gasteiger partial charge in [-0.3, -0.25) is 9.69 Å². The van der Waals surface area contributed by atoms with Crippen LogP contribution in [0.25, 0.3) is 16.8 Å².